The number of ether oxygens (including phenoxy) is 1. The zero-order valence-corrected chi connectivity index (χ0v) is 11.8. The molecule has 0 bridgehead atoms. The fourth-order valence-electron chi connectivity index (χ4n) is 1.50. The SMILES string of the molecule is COCC(=O)N[C@H](Cc1ccc(Cl)cc1Cl)C(N)=O. The average molecular weight is 305 g/mol. The normalized spacial score (nSPS) is 11.9. The van der Waals surface area contributed by atoms with E-state index in [2.05, 4.69) is 10.1 Å². The van der Waals surface area contributed by atoms with Crippen LogP contribution in [0.5, 0.6) is 0 Å². The first-order valence-corrected chi connectivity index (χ1v) is 6.21. The fraction of sp³-hybridized carbons (Fsp3) is 0.333. The van der Waals surface area contributed by atoms with E-state index in [-0.39, 0.29) is 13.0 Å². The topological polar surface area (TPSA) is 81.4 Å². The van der Waals surface area contributed by atoms with Crippen LogP contribution in [0.1, 0.15) is 5.56 Å². The summed E-state index contributed by atoms with van der Waals surface area (Å²) in [7, 11) is 1.38. The maximum atomic E-state index is 11.4. The summed E-state index contributed by atoms with van der Waals surface area (Å²) in [5, 5.41) is 3.39. The number of carbonyl (C=O) groups excluding carboxylic acids is 2. The molecule has 0 saturated heterocycles. The second-order valence-electron chi connectivity index (χ2n) is 3.90. The quantitative estimate of drug-likeness (QED) is 0.827. The highest BCUT2D eigenvalue weighted by atomic mass is 35.5. The van der Waals surface area contributed by atoms with Gasteiger partial charge in [0.25, 0.3) is 0 Å². The first-order valence-electron chi connectivity index (χ1n) is 5.45. The minimum absolute atomic E-state index is 0.141. The van der Waals surface area contributed by atoms with Crippen molar-refractivity contribution in [3.63, 3.8) is 0 Å². The number of hydrogen-bond donors (Lipinski definition) is 2. The molecule has 1 atom stereocenters. The Kier molecular flexibility index (Phi) is 6.08. The highest BCUT2D eigenvalue weighted by Gasteiger charge is 2.19. The van der Waals surface area contributed by atoms with Crippen LogP contribution in [0.3, 0.4) is 0 Å². The molecule has 19 heavy (non-hydrogen) atoms. The molecule has 0 aliphatic heterocycles. The minimum Gasteiger partial charge on any atom is -0.375 e. The maximum Gasteiger partial charge on any atom is 0.246 e. The molecule has 3 N–H and O–H groups in total. The van der Waals surface area contributed by atoms with E-state index in [1.807, 2.05) is 0 Å². The Morgan fingerprint density at radius 1 is 1.42 bits per heavy atom. The Morgan fingerprint density at radius 2 is 2.11 bits per heavy atom. The smallest absolute Gasteiger partial charge is 0.246 e. The molecule has 5 nitrogen and oxygen atoms in total. The molecule has 0 heterocycles. The summed E-state index contributed by atoms with van der Waals surface area (Å²) in [6.07, 6.45) is 0.195. The van der Waals surface area contributed by atoms with Crippen molar-refractivity contribution >= 4 is 35.0 Å². The summed E-state index contributed by atoms with van der Waals surface area (Å²) in [5.41, 5.74) is 5.92. The van der Waals surface area contributed by atoms with E-state index in [9.17, 15) is 9.59 Å². The summed E-state index contributed by atoms with van der Waals surface area (Å²) in [6, 6.07) is 4.05. The van der Waals surface area contributed by atoms with E-state index in [1.165, 1.54) is 7.11 Å². The molecule has 0 aromatic heterocycles. The van der Waals surface area contributed by atoms with Crippen LogP contribution in [-0.4, -0.2) is 31.6 Å². The molecular formula is C12H14Cl2N2O3. The van der Waals surface area contributed by atoms with Gasteiger partial charge in [-0.1, -0.05) is 29.3 Å². The molecule has 0 unspecified atom stereocenters. The highest BCUT2D eigenvalue weighted by molar-refractivity contribution is 6.35. The van der Waals surface area contributed by atoms with Crippen molar-refractivity contribution in [1.82, 2.24) is 5.32 Å². The summed E-state index contributed by atoms with van der Waals surface area (Å²) in [5.74, 6) is -1.06. The number of methoxy groups -OCH3 is 1. The van der Waals surface area contributed by atoms with Gasteiger partial charge in [0.2, 0.25) is 11.8 Å². The lowest BCUT2D eigenvalue weighted by Gasteiger charge is -2.16. The molecule has 0 radical (unpaired) electrons. The predicted molar refractivity (Wildman–Crippen MR) is 73.2 cm³/mol. The minimum atomic E-state index is -0.846. The number of primary amides is 1. The third-order valence-electron chi connectivity index (χ3n) is 2.39. The molecule has 1 aromatic carbocycles. The van der Waals surface area contributed by atoms with Crippen molar-refractivity contribution in [2.45, 2.75) is 12.5 Å². The maximum absolute atomic E-state index is 11.4. The molecule has 7 heteroatoms. The third-order valence-corrected chi connectivity index (χ3v) is 2.98. The van der Waals surface area contributed by atoms with Crippen LogP contribution in [0.25, 0.3) is 0 Å². The van der Waals surface area contributed by atoms with Gasteiger partial charge in [0.1, 0.15) is 12.6 Å². The molecule has 0 spiro atoms. The van der Waals surface area contributed by atoms with Gasteiger partial charge in [0.15, 0.2) is 0 Å². The molecule has 1 rings (SSSR count). The van der Waals surface area contributed by atoms with Crippen molar-refractivity contribution in [3.8, 4) is 0 Å². The van der Waals surface area contributed by atoms with Crippen molar-refractivity contribution in [2.75, 3.05) is 13.7 Å². The Morgan fingerprint density at radius 3 is 2.63 bits per heavy atom. The molecule has 2 amide bonds. The van der Waals surface area contributed by atoms with Crippen LogP contribution in [-0.2, 0) is 20.7 Å². The lowest BCUT2D eigenvalue weighted by atomic mass is 10.1. The van der Waals surface area contributed by atoms with Gasteiger partial charge < -0.3 is 15.8 Å². The Bertz CT molecular complexity index is 480. The Hall–Kier alpha value is -1.30. The molecule has 0 aliphatic rings. The zero-order chi connectivity index (χ0) is 14.4. The Balaban J connectivity index is 2.78. The van der Waals surface area contributed by atoms with E-state index < -0.39 is 17.9 Å². The van der Waals surface area contributed by atoms with Crippen LogP contribution in [0.4, 0.5) is 0 Å². The van der Waals surface area contributed by atoms with E-state index in [4.69, 9.17) is 28.9 Å². The number of rotatable bonds is 6. The van der Waals surface area contributed by atoms with Crippen LogP contribution in [0.15, 0.2) is 18.2 Å². The molecule has 0 aliphatic carbocycles. The number of benzene rings is 1. The summed E-state index contributed by atoms with van der Waals surface area (Å²) in [4.78, 5) is 22.7. The average Bonchev–Trinajstić information content (AvgIpc) is 2.31. The van der Waals surface area contributed by atoms with Gasteiger partial charge in [-0.2, -0.15) is 0 Å². The monoisotopic (exact) mass is 304 g/mol. The van der Waals surface area contributed by atoms with Crippen LogP contribution in [0.2, 0.25) is 10.0 Å². The van der Waals surface area contributed by atoms with Crippen LogP contribution in [0, 0.1) is 0 Å². The van der Waals surface area contributed by atoms with Gasteiger partial charge in [0.05, 0.1) is 0 Å². The van der Waals surface area contributed by atoms with Gasteiger partial charge in [-0.3, -0.25) is 9.59 Å². The van der Waals surface area contributed by atoms with E-state index in [0.29, 0.717) is 15.6 Å². The number of nitrogens with one attached hydrogen (secondary N) is 1. The second kappa shape index (κ2) is 7.33. The molecule has 104 valence electrons. The molecule has 0 saturated carbocycles. The number of nitrogens with two attached hydrogens (primary N) is 1. The van der Waals surface area contributed by atoms with Gasteiger partial charge >= 0.3 is 0 Å². The number of hydrogen-bond acceptors (Lipinski definition) is 3. The predicted octanol–water partition coefficient (Wildman–Crippen LogP) is 1.15. The van der Waals surface area contributed by atoms with Gasteiger partial charge in [-0.05, 0) is 17.7 Å². The molecule has 1 aromatic rings. The van der Waals surface area contributed by atoms with E-state index >= 15 is 0 Å². The summed E-state index contributed by atoms with van der Waals surface area (Å²) in [6.45, 7) is -0.141. The number of carbonyl (C=O) groups is 2. The fourth-order valence-corrected chi connectivity index (χ4v) is 1.98. The van der Waals surface area contributed by atoms with E-state index in [1.54, 1.807) is 18.2 Å². The highest BCUT2D eigenvalue weighted by Crippen LogP contribution is 2.22. The zero-order valence-electron chi connectivity index (χ0n) is 10.3. The van der Waals surface area contributed by atoms with Crippen molar-refractivity contribution in [1.29, 1.82) is 0 Å². The first kappa shape index (κ1) is 15.8. The largest absolute Gasteiger partial charge is 0.375 e. The Labute approximate surface area is 121 Å². The molecular weight excluding hydrogens is 291 g/mol. The van der Waals surface area contributed by atoms with Crippen LogP contribution < -0.4 is 11.1 Å². The lowest BCUT2D eigenvalue weighted by Crippen LogP contribution is -2.47. The van der Waals surface area contributed by atoms with Crippen molar-refractivity contribution in [2.24, 2.45) is 5.73 Å². The second-order valence-corrected chi connectivity index (χ2v) is 4.74. The standard InChI is InChI=1S/C12H14Cl2N2O3/c1-19-6-11(17)16-10(12(15)18)4-7-2-3-8(13)5-9(7)14/h2-3,5,10H,4,6H2,1H3,(H2,15,18)(H,16,17)/t10-/m1/s1. The first-order chi connectivity index (χ1) is 8.93. The van der Waals surface area contributed by atoms with Gasteiger partial charge in [0, 0.05) is 23.6 Å². The van der Waals surface area contributed by atoms with Gasteiger partial charge in [-0.15, -0.1) is 0 Å². The lowest BCUT2D eigenvalue weighted by molar-refractivity contribution is -0.129. The molecule has 0 fully saturated rings. The summed E-state index contributed by atoms with van der Waals surface area (Å²) >= 11 is 11.8. The number of amides is 2. The van der Waals surface area contributed by atoms with Crippen molar-refractivity contribution in [3.05, 3.63) is 33.8 Å². The third kappa shape index (κ3) is 5.06. The van der Waals surface area contributed by atoms with Crippen LogP contribution >= 0.6 is 23.2 Å². The van der Waals surface area contributed by atoms with E-state index in [0.717, 1.165) is 0 Å². The summed E-state index contributed by atoms with van der Waals surface area (Å²) < 4.78 is 4.67. The number of halogens is 2. The van der Waals surface area contributed by atoms with Gasteiger partial charge in [-0.25, -0.2) is 0 Å². The van der Waals surface area contributed by atoms with Crippen molar-refractivity contribution < 1.29 is 14.3 Å².